The molecule has 2 heterocycles. The van der Waals surface area contributed by atoms with Gasteiger partial charge in [-0.2, -0.15) is 4.98 Å². The third-order valence-corrected chi connectivity index (χ3v) is 5.99. The Morgan fingerprint density at radius 1 is 1.52 bits per heavy atom. The van der Waals surface area contributed by atoms with Crippen molar-refractivity contribution in [3.8, 4) is 0 Å². The van der Waals surface area contributed by atoms with Crippen LogP contribution >= 0.6 is 27.5 Å². The standard InChI is InChI=1S/C11H15BrClN5O2S/c1-6(2)21(19,20)10-8(5-18(3)17-10)15-9-7(12)4-14-11(13)16-9/h4-6,10,17H,1-3H3,(H,14,15,16). The molecule has 0 aromatic carbocycles. The number of anilines is 1. The van der Waals surface area contributed by atoms with E-state index in [0.29, 0.717) is 16.0 Å². The number of hydrogen-bond donors (Lipinski definition) is 2. The summed E-state index contributed by atoms with van der Waals surface area (Å²) >= 11 is 9.06. The van der Waals surface area contributed by atoms with Crippen LogP contribution in [0.1, 0.15) is 13.8 Å². The molecule has 1 aromatic rings. The highest BCUT2D eigenvalue weighted by Crippen LogP contribution is 2.26. The predicted molar refractivity (Wildman–Crippen MR) is 85.2 cm³/mol. The van der Waals surface area contributed by atoms with Gasteiger partial charge in [-0.1, -0.05) is 0 Å². The van der Waals surface area contributed by atoms with Crippen molar-refractivity contribution in [2.75, 3.05) is 12.4 Å². The van der Waals surface area contributed by atoms with Crippen LogP contribution in [0.15, 0.2) is 22.6 Å². The van der Waals surface area contributed by atoms with E-state index in [1.54, 1.807) is 32.1 Å². The number of hydrazine groups is 1. The van der Waals surface area contributed by atoms with Gasteiger partial charge in [0.15, 0.2) is 15.2 Å². The number of nitrogens with zero attached hydrogens (tertiary/aromatic N) is 3. The van der Waals surface area contributed by atoms with E-state index in [9.17, 15) is 8.42 Å². The molecule has 1 atom stereocenters. The van der Waals surface area contributed by atoms with Gasteiger partial charge in [-0.05, 0) is 41.4 Å². The van der Waals surface area contributed by atoms with Gasteiger partial charge in [-0.3, -0.25) is 0 Å². The Bertz CT molecular complexity index is 679. The van der Waals surface area contributed by atoms with Crippen molar-refractivity contribution in [3.05, 3.63) is 27.9 Å². The first kappa shape index (κ1) is 16.5. The molecule has 0 fully saturated rings. The summed E-state index contributed by atoms with van der Waals surface area (Å²) in [5.74, 6) is 0.405. The predicted octanol–water partition coefficient (Wildman–Crippen LogP) is 1.75. The molecule has 116 valence electrons. The van der Waals surface area contributed by atoms with Crippen molar-refractivity contribution in [1.82, 2.24) is 20.4 Å². The lowest BCUT2D eigenvalue weighted by atomic mass is 10.4. The second kappa shape index (κ2) is 6.07. The molecule has 2 rings (SSSR count). The van der Waals surface area contributed by atoms with Crippen molar-refractivity contribution >= 4 is 43.2 Å². The second-order valence-electron chi connectivity index (χ2n) is 4.80. The van der Waals surface area contributed by atoms with Gasteiger partial charge in [0, 0.05) is 19.4 Å². The third-order valence-electron chi connectivity index (χ3n) is 2.90. The lowest BCUT2D eigenvalue weighted by Gasteiger charge is -2.20. The summed E-state index contributed by atoms with van der Waals surface area (Å²) in [7, 11) is -1.66. The van der Waals surface area contributed by atoms with Gasteiger partial charge in [0.25, 0.3) is 0 Å². The monoisotopic (exact) mass is 395 g/mol. The van der Waals surface area contributed by atoms with Crippen LogP contribution in [0.3, 0.4) is 0 Å². The molecule has 0 spiro atoms. The third kappa shape index (κ3) is 3.47. The summed E-state index contributed by atoms with van der Waals surface area (Å²) in [6.45, 7) is 3.29. The molecule has 7 nitrogen and oxygen atoms in total. The summed E-state index contributed by atoms with van der Waals surface area (Å²) < 4.78 is 25.4. The number of nitrogens with one attached hydrogen (secondary N) is 2. The number of halogens is 2. The zero-order valence-electron chi connectivity index (χ0n) is 11.6. The van der Waals surface area contributed by atoms with Gasteiger partial charge in [0.05, 0.1) is 15.4 Å². The van der Waals surface area contributed by atoms with Crippen LogP contribution in [0.2, 0.25) is 5.28 Å². The Hall–Kier alpha value is -0.900. The number of sulfone groups is 1. The Labute approximate surface area is 136 Å². The van der Waals surface area contributed by atoms with Crippen LogP contribution in [0.5, 0.6) is 0 Å². The lowest BCUT2D eigenvalue weighted by molar-refractivity contribution is 0.356. The lowest BCUT2D eigenvalue weighted by Crippen LogP contribution is -2.43. The summed E-state index contributed by atoms with van der Waals surface area (Å²) in [5, 5.41) is 3.28. The first-order valence-electron chi connectivity index (χ1n) is 6.10. The van der Waals surface area contributed by atoms with Gasteiger partial charge in [-0.15, -0.1) is 0 Å². The van der Waals surface area contributed by atoms with Gasteiger partial charge in [0.2, 0.25) is 5.28 Å². The molecule has 0 aliphatic carbocycles. The second-order valence-corrected chi connectivity index (χ2v) is 8.59. The molecule has 1 aliphatic rings. The van der Waals surface area contributed by atoms with Crippen LogP contribution in [0, 0.1) is 0 Å². The molecule has 0 amide bonds. The molecule has 0 radical (unpaired) electrons. The van der Waals surface area contributed by atoms with Crippen molar-refractivity contribution in [2.24, 2.45) is 0 Å². The van der Waals surface area contributed by atoms with E-state index in [2.05, 4.69) is 36.6 Å². The normalized spacial score (nSPS) is 19.0. The van der Waals surface area contributed by atoms with Crippen LogP contribution in [0.25, 0.3) is 0 Å². The Kier molecular flexibility index (Phi) is 4.76. The highest BCUT2D eigenvalue weighted by atomic mass is 79.9. The number of rotatable bonds is 4. The summed E-state index contributed by atoms with van der Waals surface area (Å²) in [6.07, 6.45) is 3.16. The van der Waals surface area contributed by atoms with Crippen molar-refractivity contribution in [2.45, 2.75) is 24.5 Å². The largest absolute Gasteiger partial charge is 0.339 e. The fourth-order valence-electron chi connectivity index (χ4n) is 1.76. The summed E-state index contributed by atoms with van der Waals surface area (Å²) in [5.41, 5.74) is 3.35. The maximum Gasteiger partial charge on any atom is 0.224 e. The molecule has 1 aromatic heterocycles. The average Bonchev–Trinajstić information content (AvgIpc) is 2.75. The first-order chi connectivity index (χ1) is 9.71. The van der Waals surface area contributed by atoms with Gasteiger partial charge < -0.3 is 10.3 Å². The average molecular weight is 397 g/mol. The van der Waals surface area contributed by atoms with Crippen molar-refractivity contribution in [1.29, 1.82) is 0 Å². The molecule has 0 saturated carbocycles. The molecule has 0 saturated heterocycles. The van der Waals surface area contributed by atoms with Crippen LogP contribution in [-0.2, 0) is 9.84 Å². The van der Waals surface area contributed by atoms with E-state index in [-0.39, 0.29) is 5.28 Å². The maximum atomic E-state index is 12.4. The first-order valence-corrected chi connectivity index (χ1v) is 8.88. The molecule has 0 bridgehead atoms. The molecule has 1 unspecified atom stereocenters. The molecule has 1 aliphatic heterocycles. The van der Waals surface area contributed by atoms with Crippen molar-refractivity contribution < 1.29 is 8.42 Å². The van der Waals surface area contributed by atoms with Gasteiger partial charge in [0.1, 0.15) is 5.82 Å². The fourth-order valence-corrected chi connectivity index (χ4v) is 3.51. The Morgan fingerprint density at radius 3 is 2.81 bits per heavy atom. The van der Waals surface area contributed by atoms with E-state index in [4.69, 9.17) is 11.6 Å². The minimum atomic E-state index is -3.38. The number of hydrogen-bond acceptors (Lipinski definition) is 7. The topological polar surface area (TPSA) is 87.2 Å². The molecule has 10 heteroatoms. The molecule has 2 N–H and O–H groups in total. The number of aromatic nitrogens is 2. The summed E-state index contributed by atoms with van der Waals surface area (Å²) in [6, 6.07) is 0. The van der Waals surface area contributed by atoms with Crippen LogP contribution in [0.4, 0.5) is 5.82 Å². The zero-order chi connectivity index (χ0) is 15.8. The van der Waals surface area contributed by atoms with Crippen LogP contribution < -0.4 is 10.7 Å². The van der Waals surface area contributed by atoms with E-state index in [1.165, 1.54) is 6.20 Å². The molecular weight excluding hydrogens is 382 g/mol. The molecular formula is C11H15BrClN5O2S. The van der Waals surface area contributed by atoms with Crippen LogP contribution in [-0.4, -0.2) is 41.1 Å². The Morgan fingerprint density at radius 2 is 2.19 bits per heavy atom. The van der Waals surface area contributed by atoms with E-state index in [1.807, 2.05) is 0 Å². The smallest absolute Gasteiger partial charge is 0.224 e. The van der Waals surface area contributed by atoms with Crippen molar-refractivity contribution in [3.63, 3.8) is 0 Å². The van der Waals surface area contributed by atoms with E-state index >= 15 is 0 Å². The fraction of sp³-hybridized carbons (Fsp3) is 0.455. The van der Waals surface area contributed by atoms with E-state index in [0.717, 1.165) is 0 Å². The Balaban J connectivity index is 2.33. The highest BCUT2D eigenvalue weighted by molar-refractivity contribution is 9.10. The maximum absolute atomic E-state index is 12.4. The SMILES string of the molecule is CC(C)S(=O)(=O)C1NN(C)C=C1Nc1nc(Cl)ncc1Br. The van der Waals surface area contributed by atoms with Gasteiger partial charge >= 0.3 is 0 Å². The minimum absolute atomic E-state index is 0.0730. The van der Waals surface area contributed by atoms with Gasteiger partial charge in [-0.25, -0.2) is 18.8 Å². The zero-order valence-corrected chi connectivity index (χ0v) is 14.8. The molecule has 21 heavy (non-hydrogen) atoms. The van der Waals surface area contributed by atoms with E-state index < -0.39 is 20.5 Å². The quantitative estimate of drug-likeness (QED) is 0.750. The minimum Gasteiger partial charge on any atom is -0.339 e. The summed E-state index contributed by atoms with van der Waals surface area (Å²) in [4.78, 5) is 7.87. The highest BCUT2D eigenvalue weighted by Gasteiger charge is 2.36.